The van der Waals surface area contributed by atoms with Crippen LogP contribution in [0.3, 0.4) is 0 Å². The van der Waals surface area contributed by atoms with Gasteiger partial charge in [0.15, 0.2) is 0 Å². The molecule has 2 atom stereocenters. The highest BCUT2D eigenvalue weighted by molar-refractivity contribution is 9.10. The van der Waals surface area contributed by atoms with Crippen molar-refractivity contribution in [1.82, 2.24) is 0 Å². The first-order valence-corrected chi connectivity index (χ1v) is 7.81. The molecule has 1 aliphatic rings. The molecule has 1 aromatic carbocycles. The zero-order valence-electron chi connectivity index (χ0n) is 11.8. The fourth-order valence-corrected chi connectivity index (χ4v) is 3.47. The molecular weight excluding hydrogens is 347 g/mol. The van der Waals surface area contributed by atoms with Gasteiger partial charge in [0, 0.05) is 10.2 Å². The van der Waals surface area contributed by atoms with Crippen LogP contribution in [-0.4, -0.2) is 17.3 Å². The van der Waals surface area contributed by atoms with Crippen molar-refractivity contribution in [2.24, 2.45) is 5.92 Å². The minimum Gasteiger partial charge on any atom is -0.394 e. The Bertz CT molecular complexity index is 506. The van der Waals surface area contributed by atoms with Crippen LogP contribution in [0.5, 0.6) is 0 Å². The fourth-order valence-electron chi connectivity index (χ4n) is 3.11. The van der Waals surface area contributed by atoms with Crippen LogP contribution in [0.2, 0.25) is 0 Å². The van der Waals surface area contributed by atoms with Gasteiger partial charge in [0.1, 0.15) is 0 Å². The summed E-state index contributed by atoms with van der Waals surface area (Å²) in [5.41, 5.74) is -1.34. The van der Waals surface area contributed by atoms with Gasteiger partial charge in [-0.2, -0.15) is 13.2 Å². The number of benzene rings is 1. The Kier molecular flexibility index (Phi) is 4.88. The normalized spacial score (nSPS) is 26.7. The SMILES string of the molecule is CC1CCCC(CO)(Nc2cc(Br)ccc2C(F)(F)F)C1. The van der Waals surface area contributed by atoms with Gasteiger partial charge < -0.3 is 10.4 Å². The summed E-state index contributed by atoms with van der Waals surface area (Å²) < 4.78 is 39.9. The number of halogens is 4. The van der Waals surface area contributed by atoms with Crippen LogP contribution in [0.25, 0.3) is 0 Å². The van der Waals surface area contributed by atoms with E-state index >= 15 is 0 Å². The second-order valence-corrected chi connectivity index (χ2v) is 6.87. The van der Waals surface area contributed by atoms with Gasteiger partial charge >= 0.3 is 6.18 Å². The Morgan fingerprint density at radius 2 is 2.14 bits per heavy atom. The van der Waals surface area contributed by atoms with Gasteiger partial charge in [-0.05, 0) is 37.0 Å². The van der Waals surface area contributed by atoms with Crippen LogP contribution < -0.4 is 5.32 Å². The zero-order valence-corrected chi connectivity index (χ0v) is 13.4. The standard InChI is InChI=1S/C15H19BrF3NO/c1-10-3-2-6-14(8-10,9-21)20-13-7-11(16)4-5-12(13)15(17,18)19/h4-5,7,10,20-21H,2-3,6,8-9H2,1H3. The first-order valence-electron chi connectivity index (χ1n) is 7.01. The first-order chi connectivity index (χ1) is 9.76. The molecule has 1 aromatic rings. The van der Waals surface area contributed by atoms with E-state index in [1.807, 2.05) is 0 Å². The molecular formula is C15H19BrF3NO. The monoisotopic (exact) mass is 365 g/mol. The maximum Gasteiger partial charge on any atom is 0.418 e. The Balaban J connectivity index is 2.35. The first kappa shape index (κ1) is 16.6. The van der Waals surface area contributed by atoms with Crippen molar-refractivity contribution in [3.8, 4) is 0 Å². The quantitative estimate of drug-likeness (QED) is 0.804. The predicted molar refractivity (Wildman–Crippen MR) is 80.2 cm³/mol. The minimum atomic E-state index is -4.42. The van der Waals surface area contributed by atoms with E-state index in [-0.39, 0.29) is 12.3 Å². The molecule has 1 fully saturated rings. The Morgan fingerprint density at radius 1 is 1.43 bits per heavy atom. The molecule has 118 valence electrons. The van der Waals surface area contributed by atoms with Gasteiger partial charge in [0.25, 0.3) is 0 Å². The van der Waals surface area contributed by atoms with Crippen molar-refractivity contribution in [2.75, 3.05) is 11.9 Å². The number of aliphatic hydroxyl groups excluding tert-OH is 1. The molecule has 1 saturated carbocycles. The molecule has 2 rings (SSSR count). The van der Waals surface area contributed by atoms with E-state index in [1.54, 1.807) is 0 Å². The van der Waals surface area contributed by atoms with Crippen molar-refractivity contribution in [1.29, 1.82) is 0 Å². The van der Waals surface area contributed by atoms with Crippen LogP contribution in [0.1, 0.15) is 38.2 Å². The van der Waals surface area contributed by atoms with Gasteiger partial charge in [-0.25, -0.2) is 0 Å². The second kappa shape index (κ2) is 6.16. The highest BCUT2D eigenvalue weighted by Crippen LogP contribution is 2.40. The Hall–Kier alpha value is -0.750. The van der Waals surface area contributed by atoms with E-state index in [0.29, 0.717) is 23.2 Å². The number of hydrogen-bond acceptors (Lipinski definition) is 2. The number of rotatable bonds is 3. The third-order valence-corrected chi connectivity index (χ3v) is 4.57. The molecule has 0 aliphatic heterocycles. The van der Waals surface area contributed by atoms with E-state index in [9.17, 15) is 18.3 Å². The van der Waals surface area contributed by atoms with Crippen LogP contribution in [0.4, 0.5) is 18.9 Å². The maximum absolute atomic E-state index is 13.1. The zero-order chi connectivity index (χ0) is 15.7. The van der Waals surface area contributed by atoms with Crippen molar-refractivity contribution < 1.29 is 18.3 Å². The molecule has 2 N–H and O–H groups in total. The topological polar surface area (TPSA) is 32.3 Å². The van der Waals surface area contributed by atoms with Gasteiger partial charge in [0.2, 0.25) is 0 Å². The summed E-state index contributed by atoms with van der Waals surface area (Å²) in [7, 11) is 0. The maximum atomic E-state index is 13.1. The number of anilines is 1. The predicted octanol–water partition coefficient (Wildman–Crippen LogP) is 4.82. The number of hydrogen-bond donors (Lipinski definition) is 2. The molecule has 0 amide bonds. The molecule has 0 radical (unpaired) electrons. The highest BCUT2D eigenvalue weighted by Gasteiger charge is 2.38. The van der Waals surface area contributed by atoms with Crippen molar-refractivity contribution in [3.63, 3.8) is 0 Å². The average Bonchev–Trinajstić information content (AvgIpc) is 2.37. The van der Waals surface area contributed by atoms with E-state index in [0.717, 1.165) is 18.9 Å². The summed E-state index contributed by atoms with van der Waals surface area (Å²) in [5.74, 6) is 0.389. The minimum absolute atomic E-state index is 0.0278. The third kappa shape index (κ3) is 3.92. The van der Waals surface area contributed by atoms with Gasteiger partial charge in [0.05, 0.1) is 17.7 Å². The lowest BCUT2D eigenvalue weighted by molar-refractivity contribution is -0.137. The molecule has 1 aliphatic carbocycles. The molecule has 0 heterocycles. The molecule has 2 nitrogen and oxygen atoms in total. The summed E-state index contributed by atoms with van der Waals surface area (Å²) >= 11 is 3.21. The Morgan fingerprint density at radius 3 is 2.71 bits per heavy atom. The lowest BCUT2D eigenvalue weighted by atomic mass is 9.76. The molecule has 0 spiro atoms. The van der Waals surface area contributed by atoms with E-state index in [1.165, 1.54) is 12.1 Å². The molecule has 0 bridgehead atoms. The van der Waals surface area contributed by atoms with E-state index in [2.05, 4.69) is 28.2 Å². The summed E-state index contributed by atoms with van der Waals surface area (Å²) in [6, 6.07) is 3.87. The van der Waals surface area contributed by atoms with Gasteiger partial charge in [-0.3, -0.25) is 0 Å². The molecule has 6 heteroatoms. The van der Waals surface area contributed by atoms with Crippen molar-refractivity contribution in [2.45, 2.75) is 44.3 Å². The lowest BCUT2D eigenvalue weighted by Gasteiger charge is -2.40. The van der Waals surface area contributed by atoms with E-state index in [4.69, 9.17) is 0 Å². The van der Waals surface area contributed by atoms with Crippen LogP contribution in [0, 0.1) is 5.92 Å². The van der Waals surface area contributed by atoms with Crippen molar-refractivity contribution >= 4 is 21.6 Å². The molecule has 21 heavy (non-hydrogen) atoms. The average molecular weight is 366 g/mol. The number of aliphatic hydroxyl groups is 1. The van der Waals surface area contributed by atoms with Gasteiger partial charge in [-0.15, -0.1) is 0 Å². The third-order valence-electron chi connectivity index (χ3n) is 4.08. The Labute approximate surface area is 130 Å². The lowest BCUT2D eigenvalue weighted by Crippen LogP contribution is -2.46. The molecule has 0 saturated heterocycles. The largest absolute Gasteiger partial charge is 0.418 e. The molecule has 0 aromatic heterocycles. The van der Waals surface area contributed by atoms with Crippen LogP contribution in [-0.2, 0) is 6.18 Å². The summed E-state index contributed by atoms with van der Waals surface area (Å²) in [5, 5.41) is 12.7. The number of nitrogens with one attached hydrogen (secondary N) is 1. The van der Waals surface area contributed by atoms with E-state index < -0.39 is 17.3 Å². The smallest absolute Gasteiger partial charge is 0.394 e. The summed E-state index contributed by atoms with van der Waals surface area (Å²) in [6.07, 6.45) is -1.11. The molecule has 2 unspecified atom stereocenters. The second-order valence-electron chi connectivity index (χ2n) is 5.95. The van der Waals surface area contributed by atoms with Gasteiger partial charge in [-0.1, -0.05) is 35.7 Å². The van der Waals surface area contributed by atoms with Crippen LogP contribution >= 0.6 is 15.9 Å². The number of alkyl halides is 3. The fraction of sp³-hybridized carbons (Fsp3) is 0.600. The van der Waals surface area contributed by atoms with Crippen LogP contribution in [0.15, 0.2) is 22.7 Å². The summed E-state index contributed by atoms with van der Waals surface area (Å²) in [4.78, 5) is 0. The summed E-state index contributed by atoms with van der Waals surface area (Å²) in [6.45, 7) is 1.90. The highest BCUT2D eigenvalue weighted by atomic mass is 79.9. The van der Waals surface area contributed by atoms with Crippen molar-refractivity contribution in [3.05, 3.63) is 28.2 Å².